The molecule has 0 radical (unpaired) electrons. The van der Waals surface area contributed by atoms with Crippen LogP contribution in [0.2, 0.25) is 0 Å². The van der Waals surface area contributed by atoms with Gasteiger partial charge >= 0.3 is 12.2 Å². The fourth-order valence-corrected chi connectivity index (χ4v) is 7.35. The largest absolute Gasteiger partial charge is 0.491 e. The molecule has 56 heavy (non-hydrogen) atoms. The number of carbonyl (C=O) groups is 3. The van der Waals surface area contributed by atoms with E-state index in [-0.39, 0.29) is 31.0 Å². The van der Waals surface area contributed by atoms with Crippen LogP contribution >= 0.6 is 0 Å². The lowest BCUT2D eigenvalue weighted by atomic mass is 9.81. The zero-order valence-corrected chi connectivity index (χ0v) is 35.1. The number of hydrogen-bond acceptors (Lipinski definition) is 9. The molecule has 1 saturated carbocycles. The average Bonchev–Trinajstić information content (AvgIpc) is 3.95. The van der Waals surface area contributed by atoms with Gasteiger partial charge in [-0.05, 0) is 102 Å². The summed E-state index contributed by atoms with van der Waals surface area (Å²) in [4.78, 5) is 48.5. The molecule has 3 amide bonds. The van der Waals surface area contributed by atoms with E-state index in [0.29, 0.717) is 51.6 Å². The maximum absolute atomic E-state index is 15.4. The van der Waals surface area contributed by atoms with Gasteiger partial charge in [-0.1, -0.05) is 43.3 Å². The molecule has 2 heterocycles. The first kappa shape index (κ1) is 43.0. The van der Waals surface area contributed by atoms with E-state index in [1.54, 1.807) is 24.0 Å². The number of ether oxygens (including phenoxy) is 6. The van der Waals surface area contributed by atoms with Crippen molar-refractivity contribution < 1.29 is 42.8 Å². The van der Waals surface area contributed by atoms with Crippen LogP contribution in [0.15, 0.2) is 48.0 Å². The molecule has 2 bridgehead atoms. The quantitative estimate of drug-likeness (QED) is 0.171. The molecular weight excluding hydrogens is 714 g/mol. The van der Waals surface area contributed by atoms with Gasteiger partial charge in [-0.25, -0.2) is 9.59 Å². The number of nitrogens with zero attached hydrogens (tertiary/aromatic N) is 3. The fourth-order valence-electron chi connectivity index (χ4n) is 7.35. The third-order valence-electron chi connectivity index (χ3n) is 10.1. The molecule has 2 aromatic carbocycles. The summed E-state index contributed by atoms with van der Waals surface area (Å²) >= 11 is 0. The maximum atomic E-state index is 15.4. The van der Waals surface area contributed by atoms with Gasteiger partial charge in [-0.3, -0.25) is 9.69 Å². The Morgan fingerprint density at radius 1 is 0.857 bits per heavy atom. The summed E-state index contributed by atoms with van der Waals surface area (Å²) in [5, 5.41) is 0. The highest BCUT2D eigenvalue weighted by Crippen LogP contribution is 2.42. The minimum atomic E-state index is -0.774. The summed E-state index contributed by atoms with van der Waals surface area (Å²) in [7, 11) is 3.33. The molecule has 308 valence electrons. The van der Waals surface area contributed by atoms with Crippen molar-refractivity contribution in [2.75, 3.05) is 53.7 Å². The topological polar surface area (TPSA) is 116 Å². The standard InChI is InChI=1S/C44H63N3O9/c1-29(26-52-10)27-53-28-31-14-16-32(17-15-31)36-22-35-24-45(41(49)55-43(3,4)5)25-37(47(35)42(50)56-44(6,7)8)39(36)40(48)46(34-18-19-34)23-33-12-11-13-38(30(33)2)54-21-20-51-9/h11-17,29,34-35,37H,18-28H2,1-10H3/t29-,35?,37?/m0/s1. The second kappa shape index (κ2) is 18.4. The second-order valence-corrected chi connectivity index (χ2v) is 17.4. The maximum Gasteiger partial charge on any atom is 0.411 e. The predicted octanol–water partition coefficient (Wildman–Crippen LogP) is 7.39. The van der Waals surface area contributed by atoms with E-state index >= 15 is 4.79 Å². The summed E-state index contributed by atoms with van der Waals surface area (Å²) in [5.74, 6) is 0.864. The number of amides is 3. The number of hydrogen-bond donors (Lipinski definition) is 0. The summed E-state index contributed by atoms with van der Waals surface area (Å²) in [5.41, 5.74) is 3.72. The van der Waals surface area contributed by atoms with Gasteiger partial charge in [0.05, 0.1) is 38.5 Å². The van der Waals surface area contributed by atoms with E-state index in [1.807, 2.05) is 95.8 Å². The van der Waals surface area contributed by atoms with Gasteiger partial charge in [-0.2, -0.15) is 0 Å². The summed E-state index contributed by atoms with van der Waals surface area (Å²) < 4.78 is 34.3. The molecule has 0 N–H and O–H groups in total. The number of carbonyl (C=O) groups excluding carboxylic acids is 3. The van der Waals surface area contributed by atoms with Gasteiger partial charge in [-0.15, -0.1) is 0 Å². The minimum absolute atomic E-state index is 0.0343. The van der Waals surface area contributed by atoms with Crippen molar-refractivity contribution in [2.24, 2.45) is 5.92 Å². The lowest BCUT2D eigenvalue weighted by Crippen LogP contribution is -2.66. The molecule has 12 nitrogen and oxygen atoms in total. The van der Waals surface area contributed by atoms with E-state index in [4.69, 9.17) is 28.4 Å². The Kier molecular flexibility index (Phi) is 14.1. The third-order valence-corrected chi connectivity index (χ3v) is 10.1. The van der Waals surface area contributed by atoms with Crippen molar-refractivity contribution in [2.45, 2.75) is 117 Å². The van der Waals surface area contributed by atoms with Crippen molar-refractivity contribution in [3.63, 3.8) is 0 Å². The SMILES string of the molecule is COCCOc1cccc(CN(C(=O)C2=C(c3ccc(COC[C@@H](C)COC)cc3)CC3CN(C(=O)OC(C)(C)C)CC2N3C(=O)OC(C)(C)C)C2CC2)c1C. The van der Waals surface area contributed by atoms with Crippen LogP contribution < -0.4 is 4.74 Å². The first-order valence-corrected chi connectivity index (χ1v) is 19.9. The Labute approximate surface area is 333 Å². The number of methoxy groups -OCH3 is 2. The van der Waals surface area contributed by atoms with Gasteiger partial charge in [0.1, 0.15) is 23.6 Å². The van der Waals surface area contributed by atoms with Crippen LogP contribution in [-0.2, 0) is 41.6 Å². The molecule has 0 spiro atoms. The van der Waals surface area contributed by atoms with E-state index < -0.39 is 35.5 Å². The summed E-state index contributed by atoms with van der Waals surface area (Å²) in [6, 6.07) is 12.9. The molecule has 1 saturated heterocycles. The Morgan fingerprint density at radius 2 is 1.54 bits per heavy atom. The van der Waals surface area contributed by atoms with Crippen molar-refractivity contribution in [3.05, 3.63) is 70.3 Å². The second-order valence-electron chi connectivity index (χ2n) is 17.4. The van der Waals surface area contributed by atoms with Crippen molar-refractivity contribution in [1.82, 2.24) is 14.7 Å². The average molecular weight is 778 g/mol. The van der Waals surface area contributed by atoms with Crippen LogP contribution in [0.3, 0.4) is 0 Å². The lowest BCUT2D eigenvalue weighted by molar-refractivity contribution is -0.129. The zero-order chi connectivity index (χ0) is 40.8. The van der Waals surface area contributed by atoms with Gasteiger partial charge in [0.15, 0.2) is 0 Å². The first-order chi connectivity index (χ1) is 26.5. The summed E-state index contributed by atoms with van der Waals surface area (Å²) in [6.07, 6.45) is 1.12. The first-order valence-electron chi connectivity index (χ1n) is 19.9. The van der Waals surface area contributed by atoms with Gasteiger partial charge in [0.2, 0.25) is 0 Å². The molecule has 5 rings (SSSR count). The molecule has 2 unspecified atom stereocenters. The molecule has 2 aromatic rings. The molecular formula is C44H63N3O9. The molecule has 12 heteroatoms. The Balaban J connectivity index is 1.57. The zero-order valence-electron chi connectivity index (χ0n) is 35.1. The number of piperazine rings is 1. The minimum Gasteiger partial charge on any atom is -0.491 e. The third kappa shape index (κ3) is 11.3. The Morgan fingerprint density at radius 3 is 2.16 bits per heavy atom. The molecule has 2 aliphatic heterocycles. The number of fused-ring (bicyclic) bond motifs is 2. The molecule has 0 aromatic heterocycles. The summed E-state index contributed by atoms with van der Waals surface area (Å²) in [6.45, 7) is 18.3. The van der Waals surface area contributed by atoms with E-state index in [0.717, 1.165) is 46.4 Å². The van der Waals surface area contributed by atoms with Gasteiger partial charge in [0, 0.05) is 51.4 Å². The Hall–Kier alpha value is -4.13. The van der Waals surface area contributed by atoms with E-state index in [2.05, 4.69) is 6.92 Å². The highest BCUT2D eigenvalue weighted by Gasteiger charge is 2.51. The predicted molar refractivity (Wildman–Crippen MR) is 214 cm³/mol. The lowest BCUT2D eigenvalue weighted by Gasteiger charge is -2.51. The number of benzene rings is 2. The van der Waals surface area contributed by atoms with E-state index in [1.165, 1.54) is 0 Å². The van der Waals surface area contributed by atoms with Crippen LogP contribution in [0.5, 0.6) is 5.75 Å². The van der Waals surface area contributed by atoms with Crippen molar-refractivity contribution in [3.8, 4) is 5.75 Å². The van der Waals surface area contributed by atoms with Crippen molar-refractivity contribution in [1.29, 1.82) is 0 Å². The van der Waals surface area contributed by atoms with Crippen LogP contribution in [0, 0.1) is 12.8 Å². The van der Waals surface area contributed by atoms with Gasteiger partial charge in [0.25, 0.3) is 5.91 Å². The molecule has 2 fully saturated rings. The highest BCUT2D eigenvalue weighted by atomic mass is 16.6. The smallest absolute Gasteiger partial charge is 0.411 e. The van der Waals surface area contributed by atoms with E-state index in [9.17, 15) is 9.59 Å². The molecule has 3 aliphatic rings. The number of rotatable bonds is 15. The highest BCUT2D eigenvalue weighted by molar-refractivity contribution is 6.04. The Bertz CT molecular complexity index is 1710. The fraction of sp³-hybridized carbons (Fsp3) is 0.614. The van der Waals surface area contributed by atoms with Crippen LogP contribution in [0.4, 0.5) is 9.59 Å². The van der Waals surface area contributed by atoms with Gasteiger partial charge < -0.3 is 38.2 Å². The normalized spacial score (nSPS) is 19.1. The molecule has 3 atom stereocenters. The van der Waals surface area contributed by atoms with Crippen molar-refractivity contribution >= 4 is 23.7 Å². The van der Waals surface area contributed by atoms with Crippen LogP contribution in [-0.4, -0.2) is 116 Å². The van der Waals surface area contributed by atoms with Crippen LogP contribution in [0.25, 0.3) is 5.57 Å². The monoisotopic (exact) mass is 777 g/mol. The van der Waals surface area contributed by atoms with Crippen LogP contribution in [0.1, 0.15) is 90.0 Å². The molecule has 1 aliphatic carbocycles.